The van der Waals surface area contributed by atoms with Crippen molar-refractivity contribution in [1.82, 2.24) is 9.88 Å². The van der Waals surface area contributed by atoms with Gasteiger partial charge >= 0.3 is 0 Å². The van der Waals surface area contributed by atoms with Gasteiger partial charge in [-0.1, -0.05) is 0 Å². The summed E-state index contributed by atoms with van der Waals surface area (Å²) in [4.78, 5) is 21.0. The van der Waals surface area contributed by atoms with Crippen molar-refractivity contribution in [3.63, 3.8) is 0 Å². The van der Waals surface area contributed by atoms with Crippen molar-refractivity contribution in [3.8, 4) is 21.9 Å². The molecule has 6 nitrogen and oxygen atoms in total. The number of fused-ring (bicyclic) bond motifs is 1. The number of thiophene rings is 1. The molecule has 0 radical (unpaired) electrons. The predicted molar refractivity (Wildman–Crippen MR) is 102 cm³/mol. The number of phenolic OH excluding ortho intramolecular Hbond substituents is 1. The Morgan fingerprint density at radius 1 is 1.26 bits per heavy atom. The van der Waals surface area contributed by atoms with E-state index >= 15 is 0 Å². The van der Waals surface area contributed by atoms with Crippen LogP contribution in [0.5, 0.6) is 11.5 Å². The highest BCUT2D eigenvalue weighted by atomic mass is 32.1. The number of amides is 1. The van der Waals surface area contributed by atoms with Gasteiger partial charge in [-0.25, -0.2) is 4.98 Å². The van der Waals surface area contributed by atoms with Gasteiger partial charge in [-0.3, -0.25) is 4.79 Å². The summed E-state index contributed by atoms with van der Waals surface area (Å²) in [6.07, 6.45) is 0. The molecule has 0 saturated carbocycles. The van der Waals surface area contributed by atoms with Crippen LogP contribution in [0.15, 0.2) is 28.7 Å². The maximum absolute atomic E-state index is 12.9. The molecule has 0 fully saturated rings. The first kappa shape index (κ1) is 17.6. The second-order valence-electron chi connectivity index (χ2n) is 6.62. The van der Waals surface area contributed by atoms with E-state index < -0.39 is 0 Å². The van der Waals surface area contributed by atoms with E-state index in [1.54, 1.807) is 36.2 Å². The van der Waals surface area contributed by atoms with Crippen LogP contribution < -0.4 is 4.74 Å². The molecule has 0 saturated heterocycles. The van der Waals surface area contributed by atoms with Gasteiger partial charge in [0.2, 0.25) is 5.76 Å². The number of carbonyl (C=O) groups is 1. The molecule has 1 amide bonds. The lowest BCUT2D eigenvalue weighted by Crippen LogP contribution is -2.32. The first-order chi connectivity index (χ1) is 12.9. The number of hydrogen-bond acceptors (Lipinski definition) is 6. The fraction of sp³-hybridized carbons (Fsp3) is 0.300. The van der Waals surface area contributed by atoms with Crippen molar-refractivity contribution >= 4 is 17.2 Å². The highest BCUT2D eigenvalue weighted by Crippen LogP contribution is 2.39. The van der Waals surface area contributed by atoms with E-state index in [9.17, 15) is 9.90 Å². The van der Waals surface area contributed by atoms with Gasteiger partial charge in [-0.2, -0.15) is 0 Å². The van der Waals surface area contributed by atoms with E-state index in [0.717, 1.165) is 16.0 Å². The van der Waals surface area contributed by atoms with Crippen LogP contribution >= 0.6 is 11.3 Å². The fourth-order valence-electron chi connectivity index (χ4n) is 3.28. The molecule has 1 aliphatic heterocycles. The summed E-state index contributed by atoms with van der Waals surface area (Å²) in [5, 5.41) is 10.5. The molecule has 0 aliphatic carbocycles. The monoisotopic (exact) mass is 384 g/mol. The molecule has 1 N–H and O–H groups in total. The van der Waals surface area contributed by atoms with Crippen LogP contribution in [0, 0.1) is 20.8 Å². The molecular formula is C20H20N2O4S. The molecule has 140 valence electrons. The number of phenols is 1. The van der Waals surface area contributed by atoms with Gasteiger partial charge in [0.1, 0.15) is 6.61 Å². The smallest absolute Gasteiger partial charge is 0.291 e. The second kappa shape index (κ2) is 6.74. The van der Waals surface area contributed by atoms with Crippen molar-refractivity contribution in [2.45, 2.75) is 27.3 Å². The molecule has 27 heavy (non-hydrogen) atoms. The summed E-state index contributed by atoms with van der Waals surface area (Å²) >= 11 is 1.66. The van der Waals surface area contributed by atoms with E-state index in [4.69, 9.17) is 9.15 Å². The number of nitrogens with zero attached hydrogens (tertiary/aromatic N) is 2. The number of rotatable bonds is 2. The Labute approximate surface area is 161 Å². The number of hydrogen-bond donors (Lipinski definition) is 1. The van der Waals surface area contributed by atoms with Crippen LogP contribution in [0.4, 0.5) is 0 Å². The Morgan fingerprint density at radius 2 is 2.07 bits per heavy atom. The van der Waals surface area contributed by atoms with Gasteiger partial charge in [-0.05, 0) is 43.7 Å². The summed E-state index contributed by atoms with van der Waals surface area (Å²) < 4.78 is 11.2. The molecule has 0 unspecified atom stereocenters. The molecule has 1 aromatic carbocycles. The Balaban J connectivity index is 1.69. The minimum absolute atomic E-state index is 0.0922. The van der Waals surface area contributed by atoms with E-state index in [1.165, 1.54) is 4.88 Å². The topological polar surface area (TPSA) is 75.8 Å². The average molecular weight is 384 g/mol. The third-order valence-corrected chi connectivity index (χ3v) is 5.57. The first-order valence-corrected chi connectivity index (χ1v) is 9.53. The summed E-state index contributed by atoms with van der Waals surface area (Å²) in [5.74, 6) is 1.03. The van der Waals surface area contributed by atoms with Crippen molar-refractivity contribution in [2.24, 2.45) is 0 Å². The summed E-state index contributed by atoms with van der Waals surface area (Å²) in [7, 11) is 0. The zero-order chi connectivity index (χ0) is 19.1. The minimum Gasteiger partial charge on any atom is -0.504 e. The van der Waals surface area contributed by atoms with Gasteiger partial charge in [0.25, 0.3) is 5.91 Å². The zero-order valence-corrected chi connectivity index (χ0v) is 16.2. The molecule has 4 rings (SSSR count). The van der Waals surface area contributed by atoms with Crippen LogP contribution in [0.2, 0.25) is 0 Å². The first-order valence-electron chi connectivity index (χ1n) is 8.71. The lowest BCUT2D eigenvalue weighted by molar-refractivity contribution is 0.0698. The van der Waals surface area contributed by atoms with Crippen molar-refractivity contribution in [2.75, 3.05) is 13.2 Å². The SMILES string of the molecule is Cc1nc(C)c(C(=O)N2CCOc3c(O)cc(-c4ccc(C)s4)cc3C2)o1. The number of carbonyl (C=O) groups excluding carboxylic acids is 1. The maximum atomic E-state index is 12.9. The number of oxazole rings is 1. The van der Waals surface area contributed by atoms with Gasteiger partial charge < -0.3 is 19.2 Å². The van der Waals surface area contributed by atoms with E-state index in [-0.39, 0.29) is 17.4 Å². The summed E-state index contributed by atoms with van der Waals surface area (Å²) in [6, 6.07) is 7.77. The lowest BCUT2D eigenvalue weighted by Gasteiger charge is -2.19. The third kappa shape index (κ3) is 3.30. The Bertz CT molecular complexity index is 1020. The van der Waals surface area contributed by atoms with Crippen LogP contribution in [-0.2, 0) is 6.54 Å². The van der Waals surface area contributed by atoms with Crippen molar-refractivity contribution < 1.29 is 19.1 Å². The number of ether oxygens (including phenoxy) is 1. The van der Waals surface area contributed by atoms with Gasteiger partial charge in [-0.15, -0.1) is 11.3 Å². The largest absolute Gasteiger partial charge is 0.504 e. The third-order valence-electron chi connectivity index (χ3n) is 4.52. The molecule has 7 heteroatoms. The van der Waals surface area contributed by atoms with Crippen molar-refractivity contribution in [3.05, 3.63) is 52.1 Å². The summed E-state index contributed by atoms with van der Waals surface area (Å²) in [6.45, 7) is 6.56. The second-order valence-corrected chi connectivity index (χ2v) is 7.90. The summed E-state index contributed by atoms with van der Waals surface area (Å²) in [5.41, 5.74) is 2.26. The molecule has 3 aromatic rings. The van der Waals surface area contributed by atoms with Gasteiger partial charge in [0.05, 0.1) is 18.8 Å². The lowest BCUT2D eigenvalue weighted by atomic mass is 10.1. The normalized spacial score (nSPS) is 13.8. The highest BCUT2D eigenvalue weighted by Gasteiger charge is 2.27. The van der Waals surface area contributed by atoms with Crippen LogP contribution in [-0.4, -0.2) is 34.0 Å². The zero-order valence-electron chi connectivity index (χ0n) is 15.4. The molecule has 0 bridgehead atoms. The molecular weight excluding hydrogens is 364 g/mol. The van der Waals surface area contributed by atoms with Crippen LogP contribution in [0.1, 0.15) is 32.6 Å². The van der Waals surface area contributed by atoms with Gasteiger partial charge in [0, 0.05) is 22.2 Å². The van der Waals surface area contributed by atoms with Gasteiger partial charge in [0.15, 0.2) is 17.4 Å². The predicted octanol–water partition coefficient (Wildman–Crippen LogP) is 4.07. The number of aromatic nitrogens is 1. The van der Waals surface area contributed by atoms with E-state index in [0.29, 0.717) is 37.0 Å². The minimum atomic E-state index is -0.221. The standard InChI is InChI=1S/C20H20N2O4S/c1-11-4-5-17(27-11)14-8-15-10-22(6-7-25-19(15)16(23)9-14)20(24)18-12(2)21-13(3)26-18/h4-5,8-9,23H,6-7,10H2,1-3H3. The number of aryl methyl sites for hydroxylation is 3. The van der Waals surface area contributed by atoms with Crippen LogP contribution in [0.25, 0.3) is 10.4 Å². The number of benzene rings is 1. The van der Waals surface area contributed by atoms with E-state index in [2.05, 4.69) is 4.98 Å². The molecule has 0 spiro atoms. The number of aromatic hydroxyl groups is 1. The Hall–Kier alpha value is -2.80. The average Bonchev–Trinajstić information content (AvgIpc) is 3.12. The fourth-order valence-corrected chi connectivity index (χ4v) is 4.13. The molecule has 3 heterocycles. The highest BCUT2D eigenvalue weighted by molar-refractivity contribution is 7.15. The van der Waals surface area contributed by atoms with Crippen molar-refractivity contribution in [1.29, 1.82) is 0 Å². The quantitative estimate of drug-likeness (QED) is 0.721. The van der Waals surface area contributed by atoms with E-state index in [1.807, 2.05) is 25.1 Å². The molecule has 1 aliphatic rings. The Morgan fingerprint density at radius 3 is 2.74 bits per heavy atom. The van der Waals surface area contributed by atoms with Crippen LogP contribution in [0.3, 0.4) is 0 Å². The molecule has 2 aromatic heterocycles. The maximum Gasteiger partial charge on any atom is 0.291 e. The Kier molecular flexibility index (Phi) is 4.39. The molecule has 0 atom stereocenters.